The van der Waals surface area contributed by atoms with E-state index in [4.69, 9.17) is 0 Å². The van der Waals surface area contributed by atoms with Gasteiger partial charge in [-0.25, -0.2) is 4.39 Å². The largest absolute Gasteiger partial charge is 0.348 e. The molecular weight excluding hydrogens is 369 g/mol. The molecule has 1 fully saturated rings. The van der Waals surface area contributed by atoms with Crippen molar-refractivity contribution in [3.05, 3.63) is 77.2 Å². The molecule has 0 atom stereocenters. The van der Waals surface area contributed by atoms with Crippen LogP contribution in [0.4, 0.5) is 4.39 Å². The lowest BCUT2D eigenvalue weighted by Gasteiger charge is -2.32. The van der Waals surface area contributed by atoms with Gasteiger partial charge in [-0.1, -0.05) is 48.5 Å². The van der Waals surface area contributed by atoms with Crippen molar-refractivity contribution < 1.29 is 14.0 Å². The van der Waals surface area contributed by atoms with Gasteiger partial charge >= 0.3 is 0 Å². The maximum Gasteiger partial charge on any atom is 0.268 e. The Morgan fingerprint density at radius 2 is 1.72 bits per heavy atom. The lowest BCUT2D eigenvalue weighted by Crippen LogP contribution is -2.46. The summed E-state index contributed by atoms with van der Waals surface area (Å²) in [5.74, 6) is -1.22. The van der Waals surface area contributed by atoms with Crippen molar-refractivity contribution in [2.24, 2.45) is 0 Å². The predicted octanol–water partition coefficient (Wildman–Crippen LogP) is 3.08. The van der Waals surface area contributed by atoms with Crippen molar-refractivity contribution >= 4 is 17.9 Å². The zero-order valence-electron chi connectivity index (χ0n) is 16.5. The highest BCUT2D eigenvalue weighted by Gasteiger charge is 2.22. The highest BCUT2D eigenvalue weighted by molar-refractivity contribution is 6.01. The van der Waals surface area contributed by atoms with Crippen molar-refractivity contribution in [1.29, 1.82) is 0 Å². The first-order chi connectivity index (χ1) is 14.0. The lowest BCUT2D eigenvalue weighted by atomic mass is 10.0. The maximum absolute atomic E-state index is 13.9. The summed E-state index contributed by atoms with van der Waals surface area (Å²) in [6, 6.07) is 16.5. The Labute approximate surface area is 170 Å². The third-order valence-electron chi connectivity index (χ3n) is 4.93. The number of carbonyl (C=O) groups excluding carboxylic acids is 2. The van der Waals surface area contributed by atoms with Crippen LogP contribution < -0.4 is 10.6 Å². The third-order valence-corrected chi connectivity index (χ3v) is 4.93. The van der Waals surface area contributed by atoms with Gasteiger partial charge in [-0.05, 0) is 30.5 Å². The van der Waals surface area contributed by atoms with Crippen molar-refractivity contribution in [3.63, 3.8) is 0 Å². The molecule has 0 aliphatic carbocycles. The molecule has 2 N–H and O–H groups in total. The normalized spacial score (nSPS) is 15.7. The first-order valence-corrected chi connectivity index (χ1v) is 9.82. The average molecular weight is 395 g/mol. The van der Waals surface area contributed by atoms with Crippen LogP contribution >= 0.6 is 0 Å². The van der Waals surface area contributed by atoms with E-state index in [0.717, 1.165) is 32.5 Å². The topological polar surface area (TPSA) is 61.4 Å². The fourth-order valence-corrected chi connectivity index (χ4v) is 3.44. The molecule has 1 aliphatic rings. The zero-order chi connectivity index (χ0) is 20.6. The van der Waals surface area contributed by atoms with E-state index >= 15 is 0 Å². The molecule has 0 aromatic heterocycles. The van der Waals surface area contributed by atoms with Crippen LogP contribution in [0.1, 0.15) is 30.9 Å². The Hall–Kier alpha value is -2.99. The standard InChI is InChI=1S/C23H26FN3O2/c1-17(28)25-22(15-19-9-5-6-10-21(19)24)23(29)26-20-11-13-27(14-12-20)16-18-7-3-2-4-8-18/h2-10,15,20H,11-14,16H2,1H3,(H,25,28)(H,26,29). The van der Waals surface area contributed by atoms with E-state index in [1.807, 2.05) is 18.2 Å². The van der Waals surface area contributed by atoms with Gasteiger partial charge < -0.3 is 10.6 Å². The number of hydrogen-bond acceptors (Lipinski definition) is 3. The molecule has 5 nitrogen and oxygen atoms in total. The van der Waals surface area contributed by atoms with Crippen LogP contribution in [-0.2, 0) is 16.1 Å². The van der Waals surface area contributed by atoms with Gasteiger partial charge in [-0.2, -0.15) is 0 Å². The summed E-state index contributed by atoms with van der Waals surface area (Å²) in [5.41, 5.74) is 1.58. The first kappa shape index (κ1) is 20.7. The van der Waals surface area contributed by atoms with Crippen LogP contribution in [0.3, 0.4) is 0 Å². The fraction of sp³-hybridized carbons (Fsp3) is 0.304. The van der Waals surface area contributed by atoms with E-state index in [1.54, 1.807) is 18.2 Å². The van der Waals surface area contributed by atoms with Gasteiger partial charge in [0.25, 0.3) is 5.91 Å². The quantitative estimate of drug-likeness (QED) is 0.739. The number of carbonyl (C=O) groups is 2. The molecule has 0 bridgehead atoms. The number of benzene rings is 2. The minimum Gasteiger partial charge on any atom is -0.348 e. The maximum atomic E-state index is 13.9. The van der Waals surface area contributed by atoms with E-state index in [9.17, 15) is 14.0 Å². The van der Waals surface area contributed by atoms with Gasteiger partial charge in [-0.3, -0.25) is 14.5 Å². The molecule has 0 spiro atoms. The predicted molar refractivity (Wildman–Crippen MR) is 111 cm³/mol. The summed E-state index contributed by atoms with van der Waals surface area (Å²) in [6.07, 6.45) is 3.02. The third kappa shape index (κ3) is 6.26. The highest BCUT2D eigenvalue weighted by Crippen LogP contribution is 2.15. The molecule has 2 aromatic rings. The number of hydrogen-bond donors (Lipinski definition) is 2. The second kappa shape index (κ2) is 9.98. The summed E-state index contributed by atoms with van der Waals surface area (Å²) in [5, 5.41) is 5.50. The molecule has 0 unspecified atom stereocenters. The summed E-state index contributed by atoms with van der Waals surface area (Å²) in [4.78, 5) is 26.6. The van der Waals surface area contributed by atoms with E-state index in [-0.39, 0.29) is 23.2 Å². The first-order valence-electron chi connectivity index (χ1n) is 9.82. The number of nitrogens with one attached hydrogen (secondary N) is 2. The van der Waals surface area contributed by atoms with E-state index in [1.165, 1.54) is 24.6 Å². The zero-order valence-corrected chi connectivity index (χ0v) is 16.5. The summed E-state index contributed by atoms with van der Waals surface area (Å²) in [6.45, 7) is 3.98. The second-order valence-electron chi connectivity index (χ2n) is 7.27. The van der Waals surface area contributed by atoms with Crippen LogP contribution in [0.25, 0.3) is 6.08 Å². The molecule has 29 heavy (non-hydrogen) atoms. The van der Waals surface area contributed by atoms with E-state index in [2.05, 4.69) is 27.7 Å². The number of nitrogens with zero attached hydrogens (tertiary/aromatic N) is 1. The van der Waals surface area contributed by atoms with E-state index in [0.29, 0.717) is 0 Å². The Bertz CT molecular complexity index is 875. The molecule has 0 saturated carbocycles. The summed E-state index contributed by atoms with van der Waals surface area (Å²) >= 11 is 0. The fourth-order valence-electron chi connectivity index (χ4n) is 3.44. The number of rotatable bonds is 6. The molecule has 152 valence electrons. The smallest absolute Gasteiger partial charge is 0.268 e. The van der Waals surface area contributed by atoms with Crippen molar-refractivity contribution in [3.8, 4) is 0 Å². The minimum atomic E-state index is -0.447. The Kier molecular flexibility index (Phi) is 7.14. The Morgan fingerprint density at radius 1 is 1.07 bits per heavy atom. The highest BCUT2D eigenvalue weighted by atomic mass is 19.1. The van der Waals surface area contributed by atoms with Crippen molar-refractivity contribution in [2.45, 2.75) is 32.4 Å². The van der Waals surface area contributed by atoms with E-state index < -0.39 is 11.7 Å². The molecule has 1 saturated heterocycles. The summed E-state index contributed by atoms with van der Waals surface area (Å²) < 4.78 is 13.9. The van der Waals surface area contributed by atoms with Crippen LogP contribution in [0.5, 0.6) is 0 Å². The number of piperidine rings is 1. The minimum absolute atomic E-state index is 0.0206. The molecule has 1 aliphatic heterocycles. The van der Waals surface area contributed by atoms with Gasteiger partial charge in [-0.15, -0.1) is 0 Å². The van der Waals surface area contributed by atoms with Crippen LogP contribution in [0.2, 0.25) is 0 Å². The van der Waals surface area contributed by atoms with Crippen molar-refractivity contribution in [1.82, 2.24) is 15.5 Å². The van der Waals surface area contributed by atoms with Crippen LogP contribution in [0.15, 0.2) is 60.3 Å². The van der Waals surface area contributed by atoms with Gasteiger partial charge in [0, 0.05) is 38.2 Å². The lowest BCUT2D eigenvalue weighted by molar-refractivity contribution is -0.123. The molecule has 6 heteroatoms. The van der Waals surface area contributed by atoms with Crippen LogP contribution in [0, 0.1) is 5.82 Å². The number of amides is 2. The molecule has 0 radical (unpaired) electrons. The molecule has 1 heterocycles. The van der Waals surface area contributed by atoms with Gasteiger partial charge in [0.1, 0.15) is 11.5 Å². The van der Waals surface area contributed by atoms with Crippen LogP contribution in [-0.4, -0.2) is 35.8 Å². The molecule has 2 amide bonds. The summed E-state index contributed by atoms with van der Waals surface area (Å²) in [7, 11) is 0. The average Bonchev–Trinajstić information content (AvgIpc) is 2.71. The van der Waals surface area contributed by atoms with Gasteiger partial charge in [0.2, 0.25) is 5.91 Å². The molecular formula is C23H26FN3O2. The Morgan fingerprint density at radius 3 is 2.38 bits per heavy atom. The number of halogens is 1. The van der Waals surface area contributed by atoms with Crippen molar-refractivity contribution in [2.75, 3.05) is 13.1 Å². The monoisotopic (exact) mass is 395 g/mol. The SMILES string of the molecule is CC(=O)NC(=Cc1ccccc1F)C(=O)NC1CCN(Cc2ccccc2)CC1. The van der Waals surface area contributed by atoms with Gasteiger partial charge in [0.05, 0.1) is 0 Å². The Balaban J connectivity index is 1.59. The number of likely N-dealkylation sites (tertiary alicyclic amines) is 1. The second-order valence-corrected chi connectivity index (χ2v) is 7.27. The van der Waals surface area contributed by atoms with Gasteiger partial charge in [0.15, 0.2) is 0 Å². The molecule has 2 aromatic carbocycles. The molecule has 3 rings (SSSR count).